The summed E-state index contributed by atoms with van der Waals surface area (Å²) in [4.78, 5) is 24.0. The van der Waals surface area contributed by atoms with Crippen molar-refractivity contribution in [3.8, 4) is 0 Å². The molecule has 0 saturated carbocycles. The number of carbonyl (C=O) groups is 2. The highest BCUT2D eigenvalue weighted by Crippen LogP contribution is 2.35. The highest BCUT2D eigenvalue weighted by Gasteiger charge is 2.51. The summed E-state index contributed by atoms with van der Waals surface area (Å²) in [6, 6.07) is 9.27. The molecule has 1 aromatic carbocycles. The number of nitrogens with one attached hydrogen (secondary N) is 1. The Kier molecular flexibility index (Phi) is 8.75. The first-order chi connectivity index (χ1) is 14.0. The second kappa shape index (κ2) is 10.6. The van der Waals surface area contributed by atoms with Crippen molar-refractivity contribution in [3.63, 3.8) is 0 Å². The zero-order chi connectivity index (χ0) is 22.5. The van der Waals surface area contributed by atoms with Gasteiger partial charge in [-0.25, -0.2) is 4.79 Å². The van der Waals surface area contributed by atoms with Crippen LogP contribution < -0.4 is 0 Å². The van der Waals surface area contributed by atoms with Gasteiger partial charge in [0.05, 0.1) is 13.7 Å². The molecular formula is C19H22Cl3NO7. The van der Waals surface area contributed by atoms with Gasteiger partial charge in [0.2, 0.25) is 12.2 Å². The molecule has 0 spiro atoms. The number of esters is 2. The maximum Gasteiger partial charge on any atom is 0.335 e. The molecule has 1 aromatic rings. The van der Waals surface area contributed by atoms with Crippen molar-refractivity contribution in [2.24, 2.45) is 5.92 Å². The second-order valence-corrected chi connectivity index (χ2v) is 8.87. The lowest BCUT2D eigenvalue weighted by atomic mass is 9.90. The number of carbonyl (C=O) groups excluding carboxylic acids is 2. The third-order valence-electron chi connectivity index (χ3n) is 4.38. The van der Waals surface area contributed by atoms with Crippen LogP contribution in [-0.2, 0) is 39.9 Å². The molecule has 0 radical (unpaired) electrons. The van der Waals surface area contributed by atoms with Gasteiger partial charge in [-0.2, -0.15) is 0 Å². The SMILES string of the molecule is COC(=O)C1OC(OC(=N)C(Cl)(Cl)Cl)C(OC(C)=O)[C@H](OCc2ccccc2)[C@H]1C. The minimum atomic E-state index is -2.19. The Balaban J connectivity index is 2.33. The number of benzene rings is 1. The average molecular weight is 483 g/mol. The molecular weight excluding hydrogens is 461 g/mol. The fourth-order valence-corrected chi connectivity index (χ4v) is 3.10. The molecule has 0 aliphatic carbocycles. The summed E-state index contributed by atoms with van der Waals surface area (Å²) >= 11 is 17.1. The number of alkyl halides is 3. The van der Waals surface area contributed by atoms with Gasteiger partial charge in [-0.1, -0.05) is 72.1 Å². The molecule has 1 saturated heterocycles. The predicted molar refractivity (Wildman–Crippen MR) is 110 cm³/mol. The number of hydrogen-bond acceptors (Lipinski definition) is 8. The number of halogens is 3. The summed E-state index contributed by atoms with van der Waals surface area (Å²) in [5.74, 6) is -2.69. The van der Waals surface area contributed by atoms with E-state index in [2.05, 4.69) is 0 Å². The second-order valence-electron chi connectivity index (χ2n) is 6.59. The molecule has 5 atom stereocenters. The van der Waals surface area contributed by atoms with Gasteiger partial charge in [-0.15, -0.1) is 0 Å². The third-order valence-corrected chi connectivity index (χ3v) is 4.90. The van der Waals surface area contributed by atoms with E-state index in [9.17, 15) is 9.59 Å². The topological polar surface area (TPSA) is 104 Å². The molecule has 1 fully saturated rings. The zero-order valence-electron chi connectivity index (χ0n) is 16.5. The highest BCUT2D eigenvalue weighted by molar-refractivity contribution is 6.76. The molecule has 11 heteroatoms. The molecule has 166 valence electrons. The summed E-state index contributed by atoms with van der Waals surface area (Å²) in [5, 5.41) is 7.82. The quantitative estimate of drug-likeness (QED) is 0.287. The van der Waals surface area contributed by atoms with E-state index in [1.807, 2.05) is 30.3 Å². The van der Waals surface area contributed by atoms with Crippen LogP contribution in [0.1, 0.15) is 19.4 Å². The van der Waals surface area contributed by atoms with Gasteiger partial charge in [0, 0.05) is 12.8 Å². The molecule has 0 aromatic heterocycles. The van der Waals surface area contributed by atoms with Gasteiger partial charge in [0.25, 0.3) is 3.79 Å². The van der Waals surface area contributed by atoms with Crippen molar-refractivity contribution in [2.45, 2.75) is 48.8 Å². The van der Waals surface area contributed by atoms with Gasteiger partial charge >= 0.3 is 11.9 Å². The maximum atomic E-state index is 12.3. The summed E-state index contributed by atoms with van der Waals surface area (Å²) < 4.78 is 24.9. The van der Waals surface area contributed by atoms with Crippen LogP contribution in [0.15, 0.2) is 30.3 Å². The number of rotatable bonds is 6. The van der Waals surface area contributed by atoms with E-state index in [-0.39, 0.29) is 6.61 Å². The molecule has 0 bridgehead atoms. The van der Waals surface area contributed by atoms with Gasteiger partial charge in [0.1, 0.15) is 6.10 Å². The van der Waals surface area contributed by atoms with Crippen LogP contribution in [0.2, 0.25) is 0 Å². The Bertz CT molecular complexity index is 756. The summed E-state index contributed by atoms with van der Waals surface area (Å²) in [7, 11) is 1.20. The van der Waals surface area contributed by atoms with Crippen LogP contribution in [0.5, 0.6) is 0 Å². The molecule has 3 unspecified atom stereocenters. The van der Waals surface area contributed by atoms with Crippen molar-refractivity contribution in [1.82, 2.24) is 0 Å². The average Bonchev–Trinajstić information content (AvgIpc) is 2.68. The first-order valence-corrected chi connectivity index (χ1v) is 10.1. The Labute approximate surface area is 189 Å². The first kappa shape index (κ1) is 24.7. The van der Waals surface area contributed by atoms with Gasteiger partial charge in [-0.05, 0) is 5.56 Å². The lowest BCUT2D eigenvalue weighted by Crippen LogP contribution is -2.59. The largest absolute Gasteiger partial charge is 0.467 e. The van der Waals surface area contributed by atoms with E-state index in [1.165, 1.54) is 14.0 Å². The van der Waals surface area contributed by atoms with Crippen LogP contribution in [0, 0.1) is 11.3 Å². The predicted octanol–water partition coefficient (Wildman–Crippen LogP) is 3.40. The van der Waals surface area contributed by atoms with Crippen LogP contribution >= 0.6 is 34.8 Å². The van der Waals surface area contributed by atoms with Gasteiger partial charge in [0.15, 0.2) is 12.2 Å². The Morgan fingerprint density at radius 1 is 1.13 bits per heavy atom. The molecule has 8 nitrogen and oxygen atoms in total. The summed E-state index contributed by atoms with van der Waals surface area (Å²) in [6.45, 7) is 3.04. The Hall–Kier alpha value is -1.58. The van der Waals surface area contributed by atoms with E-state index in [4.69, 9.17) is 63.9 Å². The van der Waals surface area contributed by atoms with Crippen molar-refractivity contribution in [1.29, 1.82) is 5.41 Å². The van der Waals surface area contributed by atoms with E-state index < -0.39 is 52.1 Å². The molecule has 1 aliphatic rings. The van der Waals surface area contributed by atoms with Crippen LogP contribution in [0.4, 0.5) is 0 Å². The number of hydrogen-bond donors (Lipinski definition) is 1. The standard InChI is InChI=1S/C19H22Cl3NO7/c1-10-13(27-9-12-7-5-4-6-8-12)15(28-11(2)24)17(29-14(10)16(25)26-3)30-18(23)19(20,21)22/h4-8,10,13-15,17,23H,9H2,1-3H3/t10-,13-,14?,15?,17?/m1/s1. The zero-order valence-corrected chi connectivity index (χ0v) is 18.7. The van der Waals surface area contributed by atoms with Crippen molar-refractivity contribution >= 4 is 52.6 Å². The molecule has 1 aliphatic heterocycles. The highest BCUT2D eigenvalue weighted by atomic mass is 35.6. The van der Waals surface area contributed by atoms with Crippen LogP contribution in [0.25, 0.3) is 0 Å². The minimum absolute atomic E-state index is 0.163. The number of ether oxygens (including phenoxy) is 5. The fourth-order valence-electron chi connectivity index (χ4n) is 2.96. The summed E-state index contributed by atoms with van der Waals surface area (Å²) in [6.07, 6.45) is -4.57. The van der Waals surface area contributed by atoms with E-state index in [0.717, 1.165) is 5.56 Å². The Morgan fingerprint density at radius 3 is 2.30 bits per heavy atom. The van der Waals surface area contributed by atoms with Crippen molar-refractivity contribution in [3.05, 3.63) is 35.9 Å². The molecule has 1 N–H and O–H groups in total. The monoisotopic (exact) mass is 481 g/mol. The molecule has 0 amide bonds. The normalized spacial score (nSPS) is 26.5. The van der Waals surface area contributed by atoms with Crippen LogP contribution in [0.3, 0.4) is 0 Å². The smallest absolute Gasteiger partial charge is 0.335 e. The summed E-state index contributed by atoms with van der Waals surface area (Å²) in [5.41, 5.74) is 0.860. The lowest BCUT2D eigenvalue weighted by molar-refractivity contribution is -0.275. The van der Waals surface area contributed by atoms with Gasteiger partial charge < -0.3 is 23.7 Å². The Morgan fingerprint density at radius 2 is 1.77 bits per heavy atom. The molecule has 1 heterocycles. The number of methoxy groups -OCH3 is 1. The minimum Gasteiger partial charge on any atom is -0.467 e. The van der Waals surface area contributed by atoms with Crippen molar-refractivity contribution < 1.29 is 33.3 Å². The molecule has 2 rings (SSSR count). The van der Waals surface area contributed by atoms with E-state index in [0.29, 0.717) is 0 Å². The van der Waals surface area contributed by atoms with Crippen molar-refractivity contribution in [2.75, 3.05) is 7.11 Å². The maximum absolute atomic E-state index is 12.3. The van der Waals surface area contributed by atoms with Gasteiger partial charge in [-0.3, -0.25) is 10.2 Å². The first-order valence-electron chi connectivity index (χ1n) is 8.93. The third kappa shape index (κ3) is 6.46. The fraction of sp³-hybridized carbons (Fsp3) is 0.526. The van der Waals surface area contributed by atoms with Crippen LogP contribution in [-0.4, -0.2) is 53.3 Å². The molecule has 30 heavy (non-hydrogen) atoms. The van der Waals surface area contributed by atoms with E-state index in [1.54, 1.807) is 6.92 Å². The van der Waals surface area contributed by atoms with E-state index >= 15 is 0 Å². The lowest BCUT2D eigenvalue weighted by Gasteiger charge is -2.43.